The molecule has 0 saturated carbocycles. The Labute approximate surface area is 433 Å². The average Bonchev–Trinajstić information content (AvgIpc) is 3.95. The first-order valence-corrected chi connectivity index (χ1v) is 26.5. The maximum Gasteiger partial charge on any atom is 0.0714 e. The van der Waals surface area contributed by atoms with Gasteiger partial charge in [0.2, 0.25) is 0 Å². The summed E-state index contributed by atoms with van der Waals surface area (Å²) in [5, 5.41) is 7.58. The molecule has 352 valence electrons. The number of fused-ring (bicyclic) bond motifs is 8. The van der Waals surface area contributed by atoms with Crippen LogP contribution < -0.4 is 4.90 Å². The standard InChI is InChI=1S/C71H57NS/c1-69(2,3)54-30-34-56(35-31-54)71(57-36-32-55(33-37-57)70(4,5)6)63-18-11-9-17-62(63)68-64(71)19-13-20-65(68)72(59-40-41-61-60-16-10-12-21-66(60)73-67(61)45-59)58-38-28-47(29-39-58)49-24-25-52-44-53(27-26-51(52)43-49)50-23-22-46-14-7-8-15-48(46)42-50/h7-45H,1-6H3. The minimum Gasteiger partial charge on any atom is -0.310 e. The Morgan fingerprint density at radius 1 is 0.356 bits per heavy atom. The third-order valence-electron chi connectivity index (χ3n) is 15.7. The number of thiophene rings is 1. The first-order valence-electron chi connectivity index (χ1n) is 25.7. The summed E-state index contributed by atoms with van der Waals surface area (Å²) in [6, 6.07) is 89.5. The summed E-state index contributed by atoms with van der Waals surface area (Å²) in [7, 11) is 0. The highest BCUT2D eigenvalue weighted by atomic mass is 32.1. The number of benzene rings is 11. The van der Waals surface area contributed by atoms with Crippen LogP contribution in [0, 0.1) is 0 Å². The van der Waals surface area contributed by atoms with Crippen molar-refractivity contribution in [3.05, 3.63) is 270 Å². The largest absolute Gasteiger partial charge is 0.310 e. The van der Waals surface area contributed by atoms with Crippen molar-refractivity contribution in [2.75, 3.05) is 4.90 Å². The van der Waals surface area contributed by atoms with Gasteiger partial charge in [0.25, 0.3) is 0 Å². The molecule has 1 aliphatic rings. The number of hydrogen-bond donors (Lipinski definition) is 0. The molecular weight excluding hydrogens is 899 g/mol. The lowest BCUT2D eigenvalue weighted by molar-refractivity contribution is 0.588. The van der Waals surface area contributed by atoms with Crippen molar-refractivity contribution in [3.63, 3.8) is 0 Å². The van der Waals surface area contributed by atoms with Gasteiger partial charge in [-0.15, -0.1) is 11.3 Å². The van der Waals surface area contributed by atoms with E-state index in [4.69, 9.17) is 0 Å². The van der Waals surface area contributed by atoms with Crippen molar-refractivity contribution in [2.45, 2.75) is 57.8 Å². The Morgan fingerprint density at radius 2 is 0.849 bits per heavy atom. The SMILES string of the molecule is CC(C)(C)c1ccc(C2(c3ccc(C(C)(C)C)cc3)c3ccccc3-c3c(N(c4ccc(-c5ccc6cc(-c7ccc8ccccc8c7)ccc6c5)cc4)c4ccc5c(c4)sc4ccccc45)cccc32)cc1. The molecule has 0 radical (unpaired) electrons. The second-order valence-electron chi connectivity index (χ2n) is 22.1. The third kappa shape index (κ3) is 7.50. The monoisotopic (exact) mass is 955 g/mol. The van der Waals surface area contributed by atoms with E-state index >= 15 is 0 Å². The van der Waals surface area contributed by atoms with Gasteiger partial charge in [-0.25, -0.2) is 0 Å². The Balaban J connectivity index is 0.972. The van der Waals surface area contributed by atoms with E-state index < -0.39 is 5.41 Å². The molecule has 73 heavy (non-hydrogen) atoms. The summed E-state index contributed by atoms with van der Waals surface area (Å²) in [5.41, 5.74) is 18.1. The molecule has 1 heterocycles. The quantitative estimate of drug-likeness (QED) is 0.154. The average molecular weight is 956 g/mol. The van der Waals surface area contributed by atoms with Crippen LogP contribution >= 0.6 is 11.3 Å². The summed E-state index contributed by atoms with van der Waals surface area (Å²) in [5.74, 6) is 0. The molecule has 1 aromatic heterocycles. The van der Waals surface area contributed by atoms with Gasteiger partial charge in [0, 0.05) is 37.1 Å². The molecule has 12 aromatic rings. The maximum absolute atomic E-state index is 2.51. The molecule has 0 unspecified atom stereocenters. The molecule has 0 amide bonds. The zero-order valence-corrected chi connectivity index (χ0v) is 43.2. The molecule has 0 aliphatic heterocycles. The van der Waals surface area contributed by atoms with Gasteiger partial charge in [-0.1, -0.05) is 224 Å². The van der Waals surface area contributed by atoms with Crippen LogP contribution in [0.25, 0.3) is 75.1 Å². The highest BCUT2D eigenvalue weighted by molar-refractivity contribution is 7.25. The van der Waals surface area contributed by atoms with Gasteiger partial charge in [-0.3, -0.25) is 0 Å². The summed E-state index contributed by atoms with van der Waals surface area (Å²) >= 11 is 1.87. The van der Waals surface area contributed by atoms with Crippen LogP contribution in [0.2, 0.25) is 0 Å². The van der Waals surface area contributed by atoms with Crippen molar-refractivity contribution >= 4 is 70.1 Å². The van der Waals surface area contributed by atoms with Crippen molar-refractivity contribution in [2.24, 2.45) is 0 Å². The summed E-state index contributed by atoms with van der Waals surface area (Å²) < 4.78 is 2.58. The number of nitrogens with zero attached hydrogens (tertiary/aromatic N) is 1. The molecule has 0 spiro atoms. The summed E-state index contributed by atoms with van der Waals surface area (Å²) in [6.07, 6.45) is 0. The van der Waals surface area contributed by atoms with E-state index in [1.807, 2.05) is 11.3 Å². The molecule has 11 aromatic carbocycles. The van der Waals surface area contributed by atoms with Gasteiger partial charge < -0.3 is 4.90 Å². The molecule has 0 fully saturated rings. The Bertz CT molecular complexity index is 4030. The van der Waals surface area contributed by atoms with E-state index in [2.05, 4.69) is 283 Å². The van der Waals surface area contributed by atoms with E-state index in [1.54, 1.807) is 0 Å². The lowest BCUT2D eigenvalue weighted by Crippen LogP contribution is -2.29. The van der Waals surface area contributed by atoms with Crippen LogP contribution in [-0.2, 0) is 16.2 Å². The highest BCUT2D eigenvalue weighted by Gasteiger charge is 2.47. The lowest BCUT2D eigenvalue weighted by Gasteiger charge is -2.35. The Hall–Kier alpha value is -8.04. The summed E-state index contributed by atoms with van der Waals surface area (Å²) in [6.45, 7) is 13.8. The zero-order valence-electron chi connectivity index (χ0n) is 42.4. The normalized spacial score (nSPS) is 13.2. The van der Waals surface area contributed by atoms with Crippen molar-refractivity contribution in [3.8, 4) is 33.4 Å². The molecule has 2 heteroatoms. The maximum atomic E-state index is 2.51. The van der Waals surface area contributed by atoms with Crippen LogP contribution in [0.5, 0.6) is 0 Å². The fraction of sp³-hybridized carbons (Fsp3) is 0.127. The molecule has 1 aliphatic carbocycles. The highest BCUT2D eigenvalue weighted by Crippen LogP contribution is 2.60. The fourth-order valence-corrected chi connectivity index (χ4v) is 12.9. The van der Waals surface area contributed by atoms with Crippen molar-refractivity contribution < 1.29 is 0 Å². The Kier molecular flexibility index (Phi) is 10.5. The van der Waals surface area contributed by atoms with Crippen molar-refractivity contribution in [1.29, 1.82) is 0 Å². The first kappa shape index (κ1) is 44.9. The Morgan fingerprint density at radius 3 is 1.49 bits per heavy atom. The summed E-state index contributed by atoms with van der Waals surface area (Å²) in [4.78, 5) is 2.51. The van der Waals surface area contributed by atoms with E-state index in [0.717, 1.165) is 17.1 Å². The molecule has 0 N–H and O–H groups in total. The van der Waals surface area contributed by atoms with Gasteiger partial charge in [-0.05, 0) is 148 Å². The van der Waals surface area contributed by atoms with Crippen LogP contribution in [0.1, 0.15) is 74.9 Å². The van der Waals surface area contributed by atoms with E-state index in [1.165, 1.54) is 108 Å². The van der Waals surface area contributed by atoms with Crippen LogP contribution in [0.15, 0.2) is 237 Å². The van der Waals surface area contributed by atoms with Gasteiger partial charge in [0.1, 0.15) is 0 Å². The number of hydrogen-bond acceptors (Lipinski definition) is 2. The molecule has 1 nitrogen and oxygen atoms in total. The van der Waals surface area contributed by atoms with Gasteiger partial charge in [-0.2, -0.15) is 0 Å². The zero-order chi connectivity index (χ0) is 49.6. The first-order chi connectivity index (χ1) is 35.4. The molecule has 0 atom stereocenters. The topological polar surface area (TPSA) is 3.24 Å². The smallest absolute Gasteiger partial charge is 0.0714 e. The number of rotatable bonds is 7. The van der Waals surface area contributed by atoms with Crippen LogP contribution in [0.3, 0.4) is 0 Å². The van der Waals surface area contributed by atoms with Gasteiger partial charge in [0.15, 0.2) is 0 Å². The van der Waals surface area contributed by atoms with E-state index in [0.29, 0.717) is 0 Å². The van der Waals surface area contributed by atoms with Crippen molar-refractivity contribution in [1.82, 2.24) is 0 Å². The third-order valence-corrected chi connectivity index (χ3v) is 16.8. The van der Waals surface area contributed by atoms with Gasteiger partial charge >= 0.3 is 0 Å². The van der Waals surface area contributed by atoms with Crippen LogP contribution in [0.4, 0.5) is 17.1 Å². The molecule has 13 rings (SSSR count). The predicted octanol–water partition coefficient (Wildman–Crippen LogP) is 20.1. The fourth-order valence-electron chi connectivity index (χ4n) is 11.8. The van der Waals surface area contributed by atoms with Gasteiger partial charge in [0.05, 0.1) is 11.1 Å². The van der Waals surface area contributed by atoms with E-state index in [9.17, 15) is 0 Å². The minimum absolute atomic E-state index is 0.0293. The minimum atomic E-state index is -0.563. The van der Waals surface area contributed by atoms with Crippen LogP contribution in [-0.4, -0.2) is 0 Å². The van der Waals surface area contributed by atoms with E-state index in [-0.39, 0.29) is 10.8 Å². The molecule has 0 bridgehead atoms. The predicted molar refractivity (Wildman–Crippen MR) is 315 cm³/mol. The lowest BCUT2D eigenvalue weighted by atomic mass is 9.67. The second kappa shape index (κ2) is 17.0. The second-order valence-corrected chi connectivity index (χ2v) is 23.2. The number of anilines is 3. The molecule has 0 saturated heterocycles. The molecular formula is C71H57NS.